The number of likely N-dealkylation sites (tertiary alicyclic amines) is 1. The number of nitrogens with two attached hydrogens (primary N) is 1. The Balaban J connectivity index is 1.89. The van der Waals surface area contributed by atoms with Gasteiger partial charge in [0.2, 0.25) is 10.0 Å². The molecule has 118 valence electrons. The summed E-state index contributed by atoms with van der Waals surface area (Å²) in [5.74, 6) is 0.619. The normalized spacial score (nSPS) is 18.0. The molecule has 0 amide bonds. The molecule has 1 aliphatic rings. The zero-order chi connectivity index (χ0) is 15.3. The third-order valence-corrected chi connectivity index (χ3v) is 5.73. The number of nitrogens with one attached hydrogen (secondary N) is 1. The van der Waals surface area contributed by atoms with Crippen LogP contribution in [0.2, 0.25) is 0 Å². The quantitative estimate of drug-likeness (QED) is 0.826. The van der Waals surface area contributed by atoms with Gasteiger partial charge in [-0.05, 0) is 56.9 Å². The van der Waals surface area contributed by atoms with E-state index in [1.54, 1.807) is 24.3 Å². The minimum absolute atomic E-state index is 0.228. The number of sulfonamides is 1. The van der Waals surface area contributed by atoms with Crippen molar-refractivity contribution >= 4 is 10.0 Å². The van der Waals surface area contributed by atoms with Gasteiger partial charge < -0.3 is 10.6 Å². The second-order valence-corrected chi connectivity index (χ2v) is 7.48. The smallest absolute Gasteiger partial charge is 0.240 e. The molecule has 0 aliphatic carbocycles. The van der Waals surface area contributed by atoms with E-state index in [0.717, 1.165) is 32.4 Å². The van der Waals surface area contributed by atoms with Gasteiger partial charge >= 0.3 is 0 Å². The molecule has 0 spiro atoms. The Hall–Kier alpha value is -0.950. The van der Waals surface area contributed by atoms with Crippen LogP contribution in [0.25, 0.3) is 0 Å². The molecule has 1 fully saturated rings. The van der Waals surface area contributed by atoms with Crippen LogP contribution >= 0.6 is 0 Å². The predicted molar refractivity (Wildman–Crippen MR) is 84.4 cm³/mol. The van der Waals surface area contributed by atoms with Crippen molar-refractivity contribution in [3.8, 4) is 0 Å². The molecule has 21 heavy (non-hydrogen) atoms. The summed E-state index contributed by atoms with van der Waals surface area (Å²) in [7, 11) is -1.33. The summed E-state index contributed by atoms with van der Waals surface area (Å²) in [6, 6.07) is 6.90. The summed E-state index contributed by atoms with van der Waals surface area (Å²) < 4.78 is 27.4. The molecule has 0 aromatic heterocycles. The van der Waals surface area contributed by atoms with Crippen molar-refractivity contribution in [1.29, 1.82) is 0 Å². The zero-order valence-electron chi connectivity index (χ0n) is 12.6. The SMILES string of the molecule is CN1CCC(CCNS(=O)(=O)c2ccccc2CN)CC1. The van der Waals surface area contributed by atoms with Crippen molar-refractivity contribution in [2.45, 2.75) is 30.7 Å². The first-order chi connectivity index (χ1) is 10.0. The lowest BCUT2D eigenvalue weighted by Gasteiger charge is -2.28. The van der Waals surface area contributed by atoms with Gasteiger partial charge in [0.05, 0.1) is 4.90 Å². The van der Waals surface area contributed by atoms with Gasteiger partial charge in [-0.3, -0.25) is 0 Å². The number of hydrogen-bond donors (Lipinski definition) is 2. The first kappa shape index (κ1) is 16.4. The number of hydrogen-bond acceptors (Lipinski definition) is 4. The molecule has 0 atom stereocenters. The molecule has 0 unspecified atom stereocenters. The number of rotatable bonds is 6. The molecule has 1 heterocycles. The second kappa shape index (κ2) is 7.35. The van der Waals surface area contributed by atoms with E-state index >= 15 is 0 Å². The molecule has 0 radical (unpaired) electrons. The summed E-state index contributed by atoms with van der Waals surface area (Å²) in [5.41, 5.74) is 6.27. The third-order valence-electron chi connectivity index (χ3n) is 4.16. The Kier molecular flexibility index (Phi) is 5.75. The van der Waals surface area contributed by atoms with E-state index in [4.69, 9.17) is 5.73 Å². The Morgan fingerprint density at radius 1 is 1.29 bits per heavy atom. The second-order valence-electron chi connectivity index (χ2n) is 5.74. The highest BCUT2D eigenvalue weighted by Crippen LogP contribution is 2.19. The maximum absolute atomic E-state index is 12.3. The largest absolute Gasteiger partial charge is 0.326 e. The van der Waals surface area contributed by atoms with Crippen LogP contribution in [-0.2, 0) is 16.6 Å². The molecule has 2 rings (SSSR count). The average molecular weight is 311 g/mol. The number of benzene rings is 1. The molecular formula is C15H25N3O2S. The lowest BCUT2D eigenvalue weighted by molar-refractivity contribution is 0.213. The fourth-order valence-corrected chi connectivity index (χ4v) is 4.06. The molecule has 0 bridgehead atoms. The van der Waals surface area contributed by atoms with Gasteiger partial charge in [-0.1, -0.05) is 18.2 Å². The molecular weight excluding hydrogens is 286 g/mol. The van der Waals surface area contributed by atoms with Crippen molar-refractivity contribution in [2.75, 3.05) is 26.7 Å². The Labute approximate surface area is 127 Å². The lowest BCUT2D eigenvalue weighted by Crippen LogP contribution is -2.33. The van der Waals surface area contributed by atoms with Gasteiger partial charge in [-0.15, -0.1) is 0 Å². The highest BCUT2D eigenvalue weighted by Gasteiger charge is 2.19. The van der Waals surface area contributed by atoms with E-state index in [9.17, 15) is 8.42 Å². The van der Waals surface area contributed by atoms with Gasteiger partial charge in [0.1, 0.15) is 0 Å². The molecule has 1 aromatic rings. The molecule has 1 saturated heterocycles. The lowest BCUT2D eigenvalue weighted by atomic mass is 9.94. The summed E-state index contributed by atoms with van der Waals surface area (Å²) in [4.78, 5) is 2.62. The van der Waals surface area contributed by atoms with Gasteiger partial charge in [0.15, 0.2) is 0 Å². The summed E-state index contributed by atoms with van der Waals surface area (Å²) in [6.45, 7) is 2.93. The minimum Gasteiger partial charge on any atom is -0.326 e. The molecule has 1 aromatic carbocycles. The van der Waals surface area contributed by atoms with Crippen LogP contribution in [0.1, 0.15) is 24.8 Å². The van der Waals surface area contributed by atoms with Gasteiger partial charge in [0.25, 0.3) is 0 Å². The first-order valence-electron chi connectivity index (χ1n) is 7.49. The maximum atomic E-state index is 12.3. The van der Waals surface area contributed by atoms with E-state index < -0.39 is 10.0 Å². The van der Waals surface area contributed by atoms with E-state index in [2.05, 4.69) is 16.7 Å². The van der Waals surface area contributed by atoms with Gasteiger partial charge in [-0.25, -0.2) is 13.1 Å². The van der Waals surface area contributed by atoms with E-state index in [-0.39, 0.29) is 6.54 Å². The summed E-state index contributed by atoms with van der Waals surface area (Å²) >= 11 is 0. The van der Waals surface area contributed by atoms with Crippen LogP contribution in [0.4, 0.5) is 0 Å². The third kappa shape index (κ3) is 4.51. The van der Waals surface area contributed by atoms with Crippen molar-refractivity contribution in [2.24, 2.45) is 11.7 Å². The number of nitrogens with zero attached hydrogens (tertiary/aromatic N) is 1. The molecule has 0 saturated carbocycles. The van der Waals surface area contributed by atoms with E-state index in [1.807, 2.05) is 0 Å². The standard InChI is InChI=1S/C15H25N3O2S/c1-18-10-7-13(8-11-18)6-9-17-21(19,20)15-5-3-2-4-14(15)12-16/h2-5,13,17H,6-12,16H2,1H3. The maximum Gasteiger partial charge on any atom is 0.240 e. The topological polar surface area (TPSA) is 75.4 Å². The first-order valence-corrected chi connectivity index (χ1v) is 8.97. The Morgan fingerprint density at radius 3 is 2.62 bits per heavy atom. The highest BCUT2D eigenvalue weighted by atomic mass is 32.2. The molecule has 5 nitrogen and oxygen atoms in total. The van der Waals surface area contributed by atoms with Crippen molar-refractivity contribution < 1.29 is 8.42 Å². The molecule has 1 aliphatic heterocycles. The van der Waals surface area contributed by atoms with Crippen LogP contribution in [-0.4, -0.2) is 40.0 Å². The highest BCUT2D eigenvalue weighted by molar-refractivity contribution is 7.89. The van der Waals surface area contributed by atoms with Gasteiger partial charge in [-0.2, -0.15) is 0 Å². The summed E-state index contributed by atoms with van der Waals surface area (Å²) in [6.07, 6.45) is 3.20. The predicted octanol–water partition coefficient (Wildman–Crippen LogP) is 1.16. The number of piperidine rings is 1. The van der Waals surface area contributed by atoms with E-state index in [0.29, 0.717) is 22.9 Å². The van der Waals surface area contributed by atoms with Crippen molar-refractivity contribution in [3.63, 3.8) is 0 Å². The fourth-order valence-electron chi connectivity index (χ4n) is 2.76. The van der Waals surface area contributed by atoms with Crippen LogP contribution < -0.4 is 10.5 Å². The van der Waals surface area contributed by atoms with Crippen LogP contribution in [0.5, 0.6) is 0 Å². The van der Waals surface area contributed by atoms with E-state index in [1.165, 1.54) is 0 Å². The monoisotopic (exact) mass is 311 g/mol. The van der Waals surface area contributed by atoms with Crippen molar-refractivity contribution in [1.82, 2.24) is 9.62 Å². The Morgan fingerprint density at radius 2 is 1.95 bits per heavy atom. The average Bonchev–Trinajstić information content (AvgIpc) is 2.49. The van der Waals surface area contributed by atoms with Crippen LogP contribution in [0.15, 0.2) is 29.2 Å². The van der Waals surface area contributed by atoms with Gasteiger partial charge in [0, 0.05) is 13.1 Å². The molecule has 3 N–H and O–H groups in total. The van der Waals surface area contributed by atoms with Crippen LogP contribution in [0.3, 0.4) is 0 Å². The molecule has 6 heteroatoms. The van der Waals surface area contributed by atoms with Crippen molar-refractivity contribution in [3.05, 3.63) is 29.8 Å². The minimum atomic E-state index is -3.46. The zero-order valence-corrected chi connectivity index (χ0v) is 13.4. The summed E-state index contributed by atoms with van der Waals surface area (Å²) in [5, 5.41) is 0. The Bertz CT molecular complexity index is 552. The van der Waals surface area contributed by atoms with Crippen LogP contribution in [0, 0.1) is 5.92 Å². The fraction of sp³-hybridized carbons (Fsp3) is 0.600.